The van der Waals surface area contributed by atoms with E-state index in [1.807, 2.05) is 42.5 Å². The fourth-order valence-electron chi connectivity index (χ4n) is 1.82. The predicted molar refractivity (Wildman–Crippen MR) is 80.3 cm³/mol. The minimum atomic E-state index is -0.557. The van der Waals surface area contributed by atoms with Gasteiger partial charge in [-0.1, -0.05) is 42.5 Å². The number of carbonyl (C=O) groups excluding carboxylic acids is 1. The van der Waals surface area contributed by atoms with Crippen LogP contribution in [0.15, 0.2) is 54.6 Å². The molecule has 0 fully saturated rings. The Morgan fingerprint density at radius 2 is 1.71 bits per heavy atom. The van der Waals surface area contributed by atoms with Crippen LogP contribution in [0.5, 0.6) is 5.75 Å². The first-order valence-corrected chi connectivity index (χ1v) is 6.65. The monoisotopic (exact) mass is 286 g/mol. The molecule has 21 heavy (non-hydrogen) atoms. The molecule has 0 atom stereocenters. The number of urea groups is 1. The van der Waals surface area contributed by atoms with E-state index in [-0.39, 0.29) is 0 Å². The topological polar surface area (TPSA) is 61.8 Å². The number of ether oxygens (including phenoxy) is 1. The lowest BCUT2D eigenvalue weighted by molar-refractivity contribution is -0.0184. The van der Waals surface area contributed by atoms with Gasteiger partial charge in [-0.3, -0.25) is 5.21 Å². The lowest BCUT2D eigenvalue weighted by Gasteiger charge is -2.11. The zero-order valence-electron chi connectivity index (χ0n) is 11.8. The number of hydrogen-bond acceptors (Lipinski definition) is 3. The van der Waals surface area contributed by atoms with E-state index >= 15 is 0 Å². The van der Waals surface area contributed by atoms with Crippen molar-refractivity contribution in [1.82, 2.24) is 10.4 Å². The van der Waals surface area contributed by atoms with Gasteiger partial charge in [-0.05, 0) is 23.3 Å². The van der Waals surface area contributed by atoms with E-state index in [2.05, 4.69) is 17.4 Å². The van der Waals surface area contributed by atoms with E-state index in [4.69, 9.17) is 9.94 Å². The van der Waals surface area contributed by atoms with E-state index in [0.717, 1.165) is 16.9 Å². The van der Waals surface area contributed by atoms with Gasteiger partial charge in [0.2, 0.25) is 0 Å². The highest BCUT2D eigenvalue weighted by Gasteiger charge is 2.03. The number of rotatable bonds is 5. The summed E-state index contributed by atoms with van der Waals surface area (Å²) >= 11 is 0. The Morgan fingerprint density at radius 3 is 2.33 bits per heavy atom. The van der Waals surface area contributed by atoms with Crippen LogP contribution in [0.2, 0.25) is 0 Å². The average molecular weight is 286 g/mol. The van der Waals surface area contributed by atoms with Gasteiger partial charge in [0.25, 0.3) is 0 Å². The molecule has 0 unspecified atom stereocenters. The van der Waals surface area contributed by atoms with Crippen LogP contribution >= 0.6 is 0 Å². The quantitative estimate of drug-likeness (QED) is 0.505. The molecule has 0 spiro atoms. The number of hydroxylamine groups is 2. The van der Waals surface area contributed by atoms with Gasteiger partial charge in [0.05, 0.1) is 6.54 Å². The Bertz CT molecular complexity index is 568. The van der Waals surface area contributed by atoms with E-state index in [1.54, 1.807) is 0 Å². The van der Waals surface area contributed by atoms with Crippen molar-refractivity contribution >= 4 is 6.03 Å². The van der Waals surface area contributed by atoms with E-state index in [0.29, 0.717) is 18.2 Å². The Labute approximate surface area is 123 Å². The molecule has 2 N–H and O–H groups in total. The Hall–Kier alpha value is -2.53. The SMILES string of the molecule is CN(O)C(=O)NCCOc1ccc(-c2ccccc2)cc1. The third kappa shape index (κ3) is 4.50. The van der Waals surface area contributed by atoms with Crippen LogP contribution in [-0.4, -0.2) is 36.5 Å². The van der Waals surface area contributed by atoms with Crippen LogP contribution in [0, 0.1) is 0 Å². The second-order valence-corrected chi connectivity index (χ2v) is 4.49. The second kappa shape index (κ2) is 7.31. The second-order valence-electron chi connectivity index (χ2n) is 4.49. The summed E-state index contributed by atoms with van der Waals surface area (Å²) in [7, 11) is 1.26. The van der Waals surface area contributed by atoms with Crippen LogP contribution in [0.25, 0.3) is 11.1 Å². The molecule has 2 aromatic rings. The molecule has 0 saturated carbocycles. The zero-order chi connectivity index (χ0) is 15.1. The first-order chi connectivity index (χ1) is 10.2. The number of benzene rings is 2. The van der Waals surface area contributed by atoms with E-state index in [1.165, 1.54) is 7.05 Å². The van der Waals surface area contributed by atoms with Gasteiger partial charge in [0.1, 0.15) is 12.4 Å². The Kier molecular flexibility index (Phi) is 5.17. The van der Waals surface area contributed by atoms with Gasteiger partial charge < -0.3 is 10.1 Å². The number of nitrogens with zero attached hydrogens (tertiary/aromatic N) is 1. The lowest BCUT2D eigenvalue weighted by Crippen LogP contribution is -2.37. The van der Waals surface area contributed by atoms with Crippen LogP contribution < -0.4 is 10.1 Å². The summed E-state index contributed by atoms with van der Waals surface area (Å²) < 4.78 is 5.51. The summed E-state index contributed by atoms with van der Waals surface area (Å²) in [6, 6.07) is 17.3. The van der Waals surface area contributed by atoms with Crippen molar-refractivity contribution in [3.8, 4) is 16.9 Å². The molecular formula is C16H18N2O3. The summed E-state index contributed by atoms with van der Waals surface area (Å²) in [6.45, 7) is 0.661. The molecule has 0 bridgehead atoms. The number of nitrogens with one attached hydrogen (secondary N) is 1. The first-order valence-electron chi connectivity index (χ1n) is 6.65. The Morgan fingerprint density at radius 1 is 1.10 bits per heavy atom. The van der Waals surface area contributed by atoms with Crippen LogP contribution in [0.3, 0.4) is 0 Å². The first kappa shape index (κ1) is 14.9. The predicted octanol–water partition coefficient (Wildman–Crippen LogP) is 2.76. The van der Waals surface area contributed by atoms with Gasteiger partial charge in [0.15, 0.2) is 0 Å². The maximum absolute atomic E-state index is 11.1. The molecule has 0 aliphatic heterocycles. The lowest BCUT2D eigenvalue weighted by atomic mass is 10.1. The molecule has 2 rings (SSSR count). The summed E-state index contributed by atoms with van der Waals surface area (Å²) in [5.41, 5.74) is 2.28. The van der Waals surface area contributed by atoms with Crippen molar-refractivity contribution in [3.63, 3.8) is 0 Å². The van der Waals surface area contributed by atoms with Crippen molar-refractivity contribution in [1.29, 1.82) is 0 Å². The van der Waals surface area contributed by atoms with Gasteiger partial charge in [-0.2, -0.15) is 0 Å². The number of carbonyl (C=O) groups is 1. The molecular weight excluding hydrogens is 268 g/mol. The fourth-order valence-corrected chi connectivity index (χ4v) is 1.82. The minimum Gasteiger partial charge on any atom is -0.492 e. The van der Waals surface area contributed by atoms with Gasteiger partial charge in [-0.15, -0.1) is 0 Å². The van der Waals surface area contributed by atoms with Crippen molar-refractivity contribution in [2.24, 2.45) is 0 Å². The molecule has 0 radical (unpaired) electrons. The van der Waals surface area contributed by atoms with E-state index in [9.17, 15) is 4.79 Å². The summed E-state index contributed by atoms with van der Waals surface area (Å²) in [5.74, 6) is 0.737. The zero-order valence-corrected chi connectivity index (χ0v) is 11.8. The van der Waals surface area contributed by atoms with Gasteiger partial charge in [0, 0.05) is 7.05 Å². The van der Waals surface area contributed by atoms with Crippen molar-refractivity contribution in [2.75, 3.05) is 20.2 Å². The molecule has 5 nitrogen and oxygen atoms in total. The standard InChI is InChI=1S/C16H18N2O3/c1-18(20)16(19)17-11-12-21-15-9-7-14(8-10-15)13-5-3-2-4-6-13/h2-10,20H,11-12H2,1H3,(H,17,19). The maximum Gasteiger partial charge on any atom is 0.340 e. The van der Waals surface area contributed by atoms with Crippen molar-refractivity contribution < 1.29 is 14.7 Å². The smallest absolute Gasteiger partial charge is 0.340 e. The van der Waals surface area contributed by atoms with Crippen LogP contribution in [0.1, 0.15) is 0 Å². The fraction of sp³-hybridized carbons (Fsp3) is 0.188. The highest BCUT2D eigenvalue weighted by Crippen LogP contribution is 2.21. The molecule has 0 aliphatic rings. The third-order valence-corrected chi connectivity index (χ3v) is 2.90. The van der Waals surface area contributed by atoms with Crippen LogP contribution in [-0.2, 0) is 0 Å². The normalized spacial score (nSPS) is 10.0. The number of amides is 2. The average Bonchev–Trinajstić information content (AvgIpc) is 2.52. The summed E-state index contributed by atoms with van der Waals surface area (Å²) in [5, 5.41) is 11.9. The third-order valence-electron chi connectivity index (χ3n) is 2.90. The number of hydrogen-bond donors (Lipinski definition) is 2. The molecule has 110 valence electrons. The molecule has 0 aromatic heterocycles. The summed E-state index contributed by atoms with van der Waals surface area (Å²) in [4.78, 5) is 11.1. The van der Waals surface area contributed by atoms with Crippen LogP contribution in [0.4, 0.5) is 4.79 Å². The molecule has 2 aromatic carbocycles. The van der Waals surface area contributed by atoms with Gasteiger partial charge in [-0.25, -0.2) is 9.86 Å². The maximum atomic E-state index is 11.1. The molecule has 5 heteroatoms. The molecule has 0 saturated heterocycles. The Balaban J connectivity index is 1.82. The molecule has 2 amide bonds. The van der Waals surface area contributed by atoms with Gasteiger partial charge >= 0.3 is 6.03 Å². The highest BCUT2D eigenvalue weighted by molar-refractivity contribution is 5.72. The van der Waals surface area contributed by atoms with Crippen molar-refractivity contribution in [3.05, 3.63) is 54.6 Å². The van der Waals surface area contributed by atoms with E-state index < -0.39 is 6.03 Å². The highest BCUT2D eigenvalue weighted by atomic mass is 16.5. The summed E-state index contributed by atoms with van der Waals surface area (Å²) in [6.07, 6.45) is 0. The largest absolute Gasteiger partial charge is 0.492 e. The molecule has 0 aliphatic carbocycles. The molecule has 0 heterocycles. The minimum absolute atomic E-state index is 0.324. The van der Waals surface area contributed by atoms with Crippen molar-refractivity contribution in [2.45, 2.75) is 0 Å².